The Bertz CT molecular complexity index is 769. The van der Waals surface area contributed by atoms with Crippen molar-refractivity contribution in [3.63, 3.8) is 0 Å². The summed E-state index contributed by atoms with van der Waals surface area (Å²) in [7, 11) is 0. The van der Waals surface area contributed by atoms with Crippen molar-refractivity contribution in [2.24, 2.45) is 0 Å². The van der Waals surface area contributed by atoms with Crippen molar-refractivity contribution in [1.29, 1.82) is 0 Å². The number of hydrogen-bond acceptors (Lipinski definition) is 3. The Labute approximate surface area is 147 Å². The van der Waals surface area contributed by atoms with Gasteiger partial charge >= 0.3 is 0 Å². The fourth-order valence-corrected chi connectivity index (χ4v) is 2.91. The first-order valence-electron chi connectivity index (χ1n) is 8.58. The molecule has 2 N–H and O–H groups in total. The highest BCUT2D eigenvalue weighted by Gasteiger charge is 2.12. The zero-order chi connectivity index (χ0) is 17.6. The lowest BCUT2D eigenvalue weighted by atomic mass is 10.1. The van der Waals surface area contributed by atoms with Gasteiger partial charge in [-0.3, -0.25) is 20.4 Å². The Balaban J connectivity index is 1.45. The minimum Gasteiger partial charge on any atom is -0.484 e. The summed E-state index contributed by atoms with van der Waals surface area (Å²) in [5, 5.41) is 0. The third-order valence-corrected chi connectivity index (χ3v) is 4.38. The third kappa shape index (κ3) is 4.38. The van der Waals surface area contributed by atoms with E-state index >= 15 is 0 Å². The zero-order valence-electron chi connectivity index (χ0n) is 14.3. The Hall–Kier alpha value is -2.82. The zero-order valence-corrected chi connectivity index (χ0v) is 14.3. The van der Waals surface area contributed by atoms with Crippen molar-refractivity contribution in [2.45, 2.75) is 32.6 Å². The molecule has 0 aliphatic heterocycles. The van der Waals surface area contributed by atoms with E-state index in [0.29, 0.717) is 11.3 Å². The molecule has 130 valence electrons. The van der Waals surface area contributed by atoms with Gasteiger partial charge in [-0.15, -0.1) is 0 Å². The van der Waals surface area contributed by atoms with E-state index in [1.165, 1.54) is 17.5 Å². The molecule has 2 aromatic carbocycles. The molecule has 0 atom stereocenters. The van der Waals surface area contributed by atoms with Crippen LogP contribution in [-0.2, 0) is 24.1 Å². The molecule has 5 nitrogen and oxygen atoms in total. The number of nitrogens with one attached hydrogen (secondary N) is 2. The predicted molar refractivity (Wildman–Crippen MR) is 95.4 cm³/mol. The van der Waals surface area contributed by atoms with Crippen LogP contribution in [-0.4, -0.2) is 18.4 Å². The van der Waals surface area contributed by atoms with Crippen LogP contribution in [0.3, 0.4) is 0 Å². The number of carbonyl (C=O) groups is 2. The summed E-state index contributed by atoms with van der Waals surface area (Å²) in [5.41, 5.74) is 9.07. The molecule has 0 saturated heterocycles. The van der Waals surface area contributed by atoms with E-state index < -0.39 is 5.91 Å². The molecule has 2 aromatic rings. The summed E-state index contributed by atoms with van der Waals surface area (Å²) in [6, 6.07) is 13.2. The van der Waals surface area contributed by atoms with Gasteiger partial charge in [-0.1, -0.05) is 25.1 Å². The lowest BCUT2D eigenvalue weighted by Crippen LogP contribution is -2.43. The van der Waals surface area contributed by atoms with Crippen LogP contribution >= 0.6 is 0 Å². The van der Waals surface area contributed by atoms with Crippen molar-refractivity contribution < 1.29 is 14.3 Å². The molecular weight excluding hydrogens is 316 g/mol. The fraction of sp³-hybridized carbons (Fsp3) is 0.300. The van der Waals surface area contributed by atoms with E-state index in [1.54, 1.807) is 12.1 Å². The van der Waals surface area contributed by atoms with Crippen LogP contribution in [0.15, 0.2) is 42.5 Å². The smallest absolute Gasteiger partial charge is 0.276 e. The Morgan fingerprint density at radius 2 is 1.76 bits per heavy atom. The van der Waals surface area contributed by atoms with Gasteiger partial charge in [0, 0.05) is 5.56 Å². The topological polar surface area (TPSA) is 67.4 Å². The van der Waals surface area contributed by atoms with E-state index in [1.807, 2.05) is 24.3 Å². The summed E-state index contributed by atoms with van der Waals surface area (Å²) < 4.78 is 5.50. The largest absolute Gasteiger partial charge is 0.484 e. The number of fused-ring (bicyclic) bond motifs is 1. The highest BCUT2D eigenvalue weighted by molar-refractivity contribution is 5.95. The minimum atomic E-state index is -0.404. The molecule has 0 saturated carbocycles. The molecule has 3 rings (SSSR count). The number of amides is 2. The quantitative estimate of drug-likeness (QED) is 0.824. The lowest BCUT2D eigenvalue weighted by molar-refractivity contribution is -0.123. The Morgan fingerprint density at radius 3 is 2.52 bits per heavy atom. The second-order valence-corrected chi connectivity index (χ2v) is 6.13. The van der Waals surface area contributed by atoms with Crippen LogP contribution in [0.1, 0.15) is 40.4 Å². The maximum Gasteiger partial charge on any atom is 0.276 e. The van der Waals surface area contributed by atoms with Gasteiger partial charge in [0.15, 0.2) is 6.61 Å². The van der Waals surface area contributed by atoms with E-state index in [-0.39, 0.29) is 12.5 Å². The number of ether oxygens (including phenoxy) is 1. The highest BCUT2D eigenvalue weighted by Crippen LogP contribution is 2.25. The van der Waals surface area contributed by atoms with E-state index in [4.69, 9.17) is 4.74 Å². The molecule has 0 fully saturated rings. The van der Waals surface area contributed by atoms with Crippen molar-refractivity contribution in [3.05, 3.63) is 64.7 Å². The van der Waals surface area contributed by atoms with Gasteiger partial charge in [0.25, 0.3) is 11.8 Å². The van der Waals surface area contributed by atoms with E-state index in [2.05, 4.69) is 23.8 Å². The summed E-state index contributed by atoms with van der Waals surface area (Å²) in [6.45, 7) is 1.91. The number of aryl methyl sites for hydroxylation is 3. The molecule has 0 aromatic heterocycles. The van der Waals surface area contributed by atoms with Crippen molar-refractivity contribution in [1.82, 2.24) is 10.9 Å². The summed E-state index contributed by atoms with van der Waals surface area (Å²) in [5.74, 6) is -0.0789. The highest BCUT2D eigenvalue weighted by atomic mass is 16.5. The number of carbonyl (C=O) groups excluding carboxylic acids is 2. The number of hydrazine groups is 1. The monoisotopic (exact) mass is 338 g/mol. The summed E-state index contributed by atoms with van der Waals surface area (Å²) in [6.07, 6.45) is 4.26. The molecule has 0 radical (unpaired) electrons. The first-order valence-corrected chi connectivity index (χ1v) is 8.58. The summed E-state index contributed by atoms with van der Waals surface area (Å²) >= 11 is 0. The van der Waals surface area contributed by atoms with E-state index in [9.17, 15) is 9.59 Å². The molecule has 2 amide bonds. The second kappa shape index (κ2) is 7.83. The number of hydrogen-bond donors (Lipinski definition) is 2. The van der Waals surface area contributed by atoms with Crippen LogP contribution in [0.5, 0.6) is 5.75 Å². The van der Waals surface area contributed by atoms with Gasteiger partial charge < -0.3 is 4.74 Å². The number of benzene rings is 2. The van der Waals surface area contributed by atoms with Gasteiger partial charge in [-0.2, -0.15) is 0 Å². The average molecular weight is 338 g/mol. The maximum atomic E-state index is 12.0. The molecule has 0 spiro atoms. The van der Waals surface area contributed by atoms with Crippen molar-refractivity contribution >= 4 is 11.8 Å². The van der Waals surface area contributed by atoms with E-state index in [0.717, 1.165) is 24.8 Å². The van der Waals surface area contributed by atoms with Gasteiger partial charge in [-0.25, -0.2) is 0 Å². The maximum absolute atomic E-state index is 12.0. The van der Waals surface area contributed by atoms with Crippen LogP contribution in [0, 0.1) is 0 Å². The van der Waals surface area contributed by atoms with Gasteiger partial charge in [0.2, 0.25) is 0 Å². The van der Waals surface area contributed by atoms with Crippen LogP contribution < -0.4 is 15.6 Å². The van der Waals surface area contributed by atoms with Crippen LogP contribution in [0.25, 0.3) is 0 Å². The van der Waals surface area contributed by atoms with Gasteiger partial charge in [0.05, 0.1) is 0 Å². The molecule has 0 heterocycles. The Morgan fingerprint density at radius 1 is 1.00 bits per heavy atom. The van der Waals surface area contributed by atoms with Crippen molar-refractivity contribution in [2.75, 3.05) is 6.61 Å². The van der Waals surface area contributed by atoms with Crippen LogP contribution in [0.2, 0.25) is 0 Å². The second-order valence-electron chi connectivity index (χ2n) is 6.13. The lowest BCUT2D eigenvalue weighted by Gasteiger charge is -2.10. The molecule has 1 aliphatic rings. The van der Waals surface area contributed by atoms with Gasteiger partial charge in [-0.05, 0) is 66.6 Å². The summed E-state index contributed by atoms with van der Waals surface area (Å²) in [4.78, 5) is 23.8. The minimum absolute atomic E-state index is 0.145. The van der Waals surface area contributed by atoms with Gasteiger partial charge in [0.1, 0.15) is 5.75 Å². The average Bonchev–Trinajstić information content (AvgIpc) is 3.12. The Kier molecular flexibility index (Phi) is 5.33. The van der Waals surface area contributed by atoms with Crippen molar-refractivity contribution in [3.8, 4) is 5.75 Å². The number of rotatable bonds is 5. The first kappa shape index (κ1) is 17.0. The van der Waals surface area contributed by atoms with Crippen LogP contribution in [0.4, 0.5) is 0 Å². The first-order chi connectivity index (χ1) is 12.2. The molecule has 0 bridgehead atoms. The third-order valence-electron chi connectivity index (χ3n) is 4.38. The molecule has 25 heavy (non-hydrogen) atoms. The standard InChI is InChI=1S/C20H22N2O3/c1-2-14-6-8-16(9-7-14)20(24)22-21-19(23)13-25-18-11-10-15-4-3-5-17(15)12-18/h6-12H,2-5,13H2,1H3,(H,21,23)(H,22,24). The molecule has 0 unspecified atom stereocenters. The molecule has 1 aliphatic carbocycles. The SMILES string of the molecule is CCc1ccc(C(=O)NNC(=O)COc2ccc3c(c2)CCC3)cc1. The molecule has 5 heteroatoms. The predicted octanol–water partition coefficient (Wildman–Crippen LogP) is 2.58. The normalized spacial score (nSPS) is 12.4. The molecular formula is C20H22N2O3. The fourth-order valence-electron chi connectivity index (χ4n) is 2.91.